The smallest absolute Gasteiger partial charge is 0.166 e. The maximum Gasteiger partial charge on any atom is 0.166 e. The molecule has 0 nitrogen and oxygen atoms in total. The minimum Gasteiger partial charge on any atom is -0.206 e. The Hall–Kier alpha value is -2.81. The molecule has 0 saturated heterocycles. The van der Waals surface area contributed by atoms with Crippen LogP contribution in [-0.4, -0.2) is 0 Å². The topological polar surface area (TPSA) is 0 Å². The maximum absolute atomic E-state index is 15.3. The van der Waals surface area contributed by atoms with Crippen molar-refractivity contribution < 1.29 is 13.2 Å². The van der Waals surface area contributed by atoms with Crippen molar-refractivity contribution in [3.05, 3.63) is 89.3 Å². The fraction of sp³-hybridized carbons (Fsp3) is 0.487. The van der Waals surface area contributed by atoms with Crippen molar-refractivity contribution >= 4 is 5.57 Å². The average molecular weight is 573 g/mol. The van der Waals surface area contributed by atoms with Gasteiger partial charge >= 0.3 is 0 Å². The summed E-state index contributed by atoms with van der Waals surface area (Å²) < 4.78 is 45.2. The number of benzene rings is 3. The van der Waals surface area contributed by atoms with E-state index in [0.717, 1.165) is 73.0 Å². The van der Waals surface area contributed by atoms with Crippen LogP contribution in [0.3, 0.4) is 0 Å². The normalized spacial score (nSPS) is 20.9. The van der Waals surface area contributed by atoms with Crippen molar-refractivity contribution in [3.63, 3.8) is 0 Å². The Balaban J connectivity index is 1.21. The Morgan fingerprint density at radius 2 is 1.31 bits per heavy atom. The summed E-state index contributed by atoms with van der Waals surface area (Å²) >= 11 is 0. The number of hydrogen-bond acceptors (Lipinski definition) is 0. The van der Waals surface area contributed by atoms with E-state index < -0.39 is 11.6 Å². The standard InChI is InChI=1S/C39H47F3/c1-3-4-5-6-7-8-9-33-22-25-36(39(42)38(33)41)32-20-16-30(17-21-32)34-23-24-35(37(40)26-34)31-18-14-29(15-19-31)28-12-10-27(2)11-13-28/h16-18,20-29H,3-15,19H2,1-2H3. The zero-order valence-electron chi connectivity index (χ0n) is 25.5. The van der Waals surface area contributed by atoms with Gasteiger partial charge in [-0.15, -0.1) is 0 Å². The molecule has 0 heterocycles. The molecule has 3 aromatic carbocycles. The van der Waals surface area contributed by atoms with Gasteiger partial charge < -0.3 is 0 Å². The first-order valence-electron chi connectivity index (χ1n) is 16.5. The predicted octanol–water partition coefficient (Wildman–Crippen LogP) is 12.4. The second kappa shape index (κ2) is 14.6. The van der Waals surface area contributed by atoms with E-state index in [-0.39, 0.29) is 11.4 Å². The molecule has 3 heteroatoms. The number of halogens is 3. The summed E-state index contributed by atoms with van der Waals surface area (Å²) in [5.74, 6) is 0.734. The van der Waals surface area contributed by atoms with Crippen LogP contribution in [0, 0.1) is 35.2 Å². The number of allylic oxidation sites excluding steroid dienone is 2. The van der Waals surface area contributed by atoms with Gasteiger partial charge in [-0.1, -0.05) is 113 Å². The highest BCUT2D eigenvalue weighted by Gasteiger charge is 2.28. The molecule has 0 spiro atoms. The van der Waals surface area contributed by atoms with Crippen LogP contribution in [0.25, 0.3) is 27.8 Å². The van der Waals surface area contributed by atoms with Gasteiger partial charge in [-0.3, -0.25) is 0 Å². The molecule has 3 aromatic rings. The van der Waals surface area contributed by atoms with E-state index in [0.29, 0.717) is 23.1 Å². The van der Waals surface area contributed by atoms with Crippen LogP contribution < -0.4 is 0 Å². The molecule has 1 saturated carbocycles. The molecule has 0 amide bonds. The van der Waals surface area contributed by atoms with E-state index in [1.807, 2.05) is 24.3 Å². The van der Waals surface area contributed by atoms with Gasteiger partial charge in [0.25, 0.3) is 0 Å². The molecule has 0 N–H and O–H groups in total. The summed E-state index contributed by atoms with van der Waals surface area (Å²) in [6, 6.07) is 16.2. The zero-order chi connectivity index (χ0) is 29.5. The van der Waals surface area contributed by atoms with Gasteiger partial charge in [-0.2, -0.15) is 0 Å². The second-order valence-electron chi connectivity index (χ2n) is 13.0. The van der Waals surface area contributed by atoms with E-state index in [4.69, 9.17) is 0 Å². The molecule has 0 bridgehead atoms. The lowest BCUT2D eigenvalue weighted by Gasteiger charge is -2.34. The molecule has 1 unspecified atom stereocenters. The summed E-state index contributed by atoms with van der Waals surface area (Å²) in [7, 11) is 0. The Labute approximate surface area is 251 Å². The van der Waals surface area contributed by atoms with Gasteiger partial charge in [0, 0.05) is 11.1 Å². The summed E-state index contributed by atoms with van der Waals surface area (Å²) in [4.78, 5) is 0. The minimum atomic E-state index is -0.789. The van der Waals surface area contributed by atoms with Crippen LogP contribution in [0.5, 0.6) is 0 Å². The van der Waals surface area contributed by atoms with Crippen LogP contribution in [0.15, 0.2) is 60.7 Å². The quantitative estimate of drug-likeness (QED) is 0.200. The van der Waals surface area contributed by atoms with E-state index in [1.165, 1.54) is 44.9 Å². The maximum atomic E-state index is 15.3. The summed E-state index contributed by atoms with van der Waals surface area (Å²) in [5.41, 5.74) is 4.82. The van der Waals surface area contributed by atoms with Gasteiger partial charge in [-0.25, -0.2) is 13.2 Å². The molecular formula is C39H47F3. The predicted molar refractivity (Wildman–Crippen MR) is 171 cm³/mol. The number of unbranched alkanes of at least 4 members (excludes halogenated alkanes) is 5. The van der Waals surface area contributed by atoms with Crippen LogP contribution >= 0.6 is 0 Å². The minimum absolute atomic E-state index is 0.193. The molecular weight excluding hydrogens is 525 g/mol. The Morgan fingerprint density at radius 1 is 0.643 bits per heavy atom. The molecule has 2 aliphatic carbocycles. The summed E-state index contributed by atoms with van der Waals surface area (Å²) in [5, 5.41) is 0. The lowest BCUT2D eigenvalue weighted by molar-refractivity contribution is 0.202. The van der Waals surface area contributed by atoms with Crippen molar-refractivity contribution in [2.75, 3.05) is 0 Å². The number of rotatable bonds is 11. The van der Waals surface area contributed by atoms with Crippen molar-refractivity contribution in [2.45, 2.75) is 104 Å². The molecule has 5 rings (SSSR count). The van der Waals surface area contributed by atoms with Crippen LogP contribution in [0.2, 0.25) is 0 Å². The van der Waals surface area contributed by atoms with Crippen LogP contribution in [0.4, 0.5) is 13.2 Å². The molecule has 2 aliphatic rings. The van der Waals surface area contributed by atoms with Gasteiger partial charge in [0.15, 0.2) is 11.6 Å². The molecule has 1 atom stereocenters. The Kier molecular flexibility index (Phi) is 10.6. The molecule has 0 aliphatic heterocycles. The lowest BCUT2D eigenvalue weighted by Crippen LogP contribution is -2.22. The SMILES string of the molecule is CCCCCCCCc1ccc(-c2ccc(-c3ccc(C4=CCC(C5CCC(C)CC5)CC4)c(F)c3)cc2)c(F)c1F. The third-order valence-electron chi connectivity index (χ3n) is 9.98. The van der Waals surface area contributed by atoms with Gasteiger partial charge in [-0.05, 0) is 96.6 Å². The first-order valence-corrected chi connectivity index (χ1v) is 16.5. The van der Waals surface area contributed by atoms with E-state index in [9.17, 15) is 4.39 Å². The van der Waals surface area contributed by atoms with Crippen LogP contribution in [0.1, 0.15) is 108 Å². The highest BCUT2D eigenvalue weighted by atomic mass is 19.2. The average Bonchev–Trinajstić information content (AvgIpc) is 3.01. The van der Waals surface area contributed by atoms with Gasteiger partial charge in [0.05, 0.1) is 0 Å². The van der Waals surface area contributed by atoms with Gasteiger partial charge in [0.1, 0.15) is 5.82 Å². The molecule has 0 aromatic heterocycles. The highest BCUT2D eigenvalue weighted by molar-refractivity contribution is 5.74. The molecule has 224 valence electrons. The monoisotopic (exact) mass is 572 g/mol. The van der Waals surface area contributed by atoms with Crippen molar-refractivity contribution in [1.29, 1.82) is 0 Å². The van der Waals surface area contributed by atoms with Crippen molar-refractivity contribution in [3.8, 4) is 22.3 Å². The number of hydrogen-bond donors (Lipinski definition) is 0. The van der Waals surface area contributed by atoms with E-state index in [1.54, 1.807) is 30.3 Å². The van der Waals surface area contributed by atoms with E-state index in [2.05, 4.69) is 19.9 Å². The highest BCUT2D eigenvalue weighted by Crippen LogP contribution is 2.42. The largest absolute Gasteiger partial charge is 0.206 e. The van der Waals surface area contributed by atoms with Crippen molar-refractivity contribution in [2.24, 2.45) is 17.8 Å². The van der Waals surface area contributed by atoms with Crippen LogP contribution in [-0.2, 0) is 6.42 Å². The lowest BCUT2D eigenvalue weighted by atomic mass is 9.71. The first-order chi connectivity index (χ1) is 20.4. The third kappa shape index (κ3) is 7.39. The fourth-order valence-electron chi connectivity index (χ4n) is 7.18. The molecule has 1 fully saturated rings. The number of aryl methyl sites for hydroxylation is 1. The Morgan fingerprint density at radius 3 is 2.00 bits per heavy atom. The van der Waals surface area contributed by atoms with Crippen molar-refractivity contribution in [1.82, 2.24) is 0 Å². The van der Waals surface area contributed by atoms with Gasteiger partial charge in [0.2, 0.25) is 0 Å². The third-order valence-corrected chi connectivity index (χ3v) is 9.98. The Bertz CT molecular complexity index is 1340. The fourth-order valence-corrected chi connectivity index (χ4v) is 7.18. The molecule has 42 heavy (non-hydrogen) atoms. The van der Waals surface area contributed by atoms with E-state index >= 15 is 8.78 Å². The zero-order valence-corrected chi connectivity index (χ0v) is 25.5. The second-order valence-corrected chi connectivity index (χ2v) is 13.0. The summed E-state index contributed by atoms with van der Waals surface area (Å²) in [6.07, 6.45) is 18.1. The summed E-state index contributed by atoms with van der Waals surface area (Å²) in [6.45, 7) is 4.55. The first kappa shape index (κ1) is 30.6. The molecule has 0 radical (unpaired) electrons.